The normalized spacial score (nSPS) is 11.1. The van der Waals surface area contributed by atoms with Crippen LogP contribution in [0.15, 0.2) is 145 Å². The van der Waals surface area contributed by atoms with Gasteiger partial charge < -0.3 is 10.2 Å². The standard InChI is InChI=1S/2C15H13P.2C5H8O2.2CH2Cl2.F6P.Ru/c2*1-2-13-16(14-9-5-3-6-10-14)15-11-7-4-8-12-15;2*1-4(6)3-5(2)7;2*2-1-3;1-7(2,3,4,5)6;/h2*3-12H,1H3;2*3,6H,1-2H3;2*1H2;;/q;;;;;;-1;+3/b;;2*4-3-;;;;. The first-order chi connectivity index (χ1) is 27.4. The molecule has 0 spiro atoms. The largest absolute Gasteiger partial charge is 3.00 e. The Morgan fingerprint density at radius 3 is 0.783 bits per heavy atom. The van der Waals surface area contributed by atoms with Gasteiger partial charge in [0.25, 0.3) is 0 Å². The second-order valence-corrected chi connectivity index (χ2v) is 18.7. The average molecular weight is 1060 g/mol. The molecule has 0 aromatic heterocycles. The summed E-state index contributed by atoms with van der Waals surface area (Å²) < 4.78 is 59.2. The molecule has 0 atom stereocenters. The third-order valence-corrected chi connectivity index (χ3v) is 10.2. The summed E-state index contributed by atoms with van der Waals surface area (Å²) in [7, 11) is -12.5. The predicted molar refractivity (Wildman–Crippen MR) is 243 cm³/mol. The minimum absolute atomic E-state index is 0. The van der Waals surface area contributed by atoms with Gasteiger partial charge in [0.1, 0.15) is 37.1 Å². The van der Waals surface area contributed by atoms with E-state index in [9.17, 15) is 45.0 Å². The Labute approximate surface area is 385 Å². The van der Waals surface area contributed by atoms with Gasteiger partial charge in [-0.1, -0.05) is 98.5 Å². The molecule has 0 aliphatic rings. The maximum atomic E-state index is 9.98. The van der Waals surface area contributed by atoms with E-state index in [-0.39, 0.29) is 53.2 Å². The summed E-state index contributed by atoms with van der Waals surface area (Å²) >= 11 is 19.1. The fourth-order valence-corrected chi connectivity index (χ4v) is 7.71. The van der Waals surface area contributed by atoms with Crippen molar-refractivity contribution in [2.24, 2.45) is 0 Å². The zero-order chi connectivity index (χ0) is 46.0. The van der Waals surface area contributed by atoms with Gasteiger partial charge in [-0.25, -0.2) is 0 Å². The summed E-state index contributed by atoms with van der Waals surface area (Å²) in [4.78, 5) is 20.0. The minimum atomic E-state index is -10.7. The Hall–Kier alpha value is -2.93. The first-order valence-electron chi connectivity index (χ1n) is 16.7. The summed E-state index contributed by atoms with van der Waals surface area (Å²) in [6, 6.07) is 42.2. The van der Waals surface area contributed by atoms with E-state index in [4.69, 9.17) is 46.4 Å². The van der Waals surface area contributed by atoms with E-state index in [2.05, 4.69) is 120 Å². The third-order valence-electron chi connectivity index (χ3n) is 5.56. The molecule has 18 heteroatoms. The maximum Gasteiger partial charge on any atom is 3.00 e. The van der Waals surface area contributed by atoms with Gasteiger partial charge in [-0.05, 0) is 74.5 Å². The van der Waals surface area contributed by atoms with Gasteiger partial charge in [0, 0.05) is 13.8 Å². The van der Waals surface area contributed by atoms with Gasteiger partial charge >= 0.3 is 52.5 Å². The number of carbonyl (C=O) groups is 2. The molecule has 0 fully saturated rings. The van der Waals surface area contributed by atoms with Crippen molar-refractivity contribution in [3.63, 3.8) is 0 Å². The summed E-state index contributed by atoms with van der Waals surface area (Å²) in [6.45, 7) is 9.22. The van der Waals surface area contributed by atoms with Crippen LogP contribution in [-0.2, 0) is 29.1 Å². The van der Waals surface area contributed by atoms with Gasteiger partial charge in [0.15, 0.2) is 11.6 Å². The smallest absolute Gasteiger partial charge is 3.00 e. The second kappa shape index (κ2) is 34.6. The van der Waals surface area contributed by atoms with E-state index in [1.807, 2.05) is 38.1 Å². The second-order valence-electron chi connectivity index (χ2n) is 10.9. The van der Waals surface area contributed by atoms with Gasteiger partial charge in [0.2, 0.25) is 0 Å². The first-order valence-corrected chi connectivity index (χ1v) is 23.9. The summed E-state index contributed by atoms with van der Waals surface area (Å²) in [5, 5.41) is 25.8. The summed E-state index contributed by atoms with van der Waals surface area (Å²) in [5.74, 6) is 5.37. The topological polar surface area (TPSA) is 80.3 Å². The number of hydrogen-bond acceptors (Lipinski definition) is 4. The molecular formula is C42H46Cl4F6O4P3Ru+2. The predicted octanol–water partition coefficient (Wildman–Crippen LogP) is 11.6. The zero-order valence-corrected chi connectivity index (χ0v) is 41.0. The van der Waals surface area contributed by atoms with Crippen LogP contribution in [0.25, 0.3) is 0 Å². The van der Waals surface area contributed by atoms with Crippen LogP contribution in [-0.4, -0.2) is 22.2 Å². The quantitative estimate of drug-likeness (QED) is 0.0366. The van der Waals surface area contributed by atoms with Gasteiger partial charge in [-0.2, -0.15) is 0 Å². The van der Waals surface area contributed by atoms with Crippen molar-refractivity contribution in [2.75, 3.05) is 10.7 Å². The Morgan fingerprint density at radius 2 is 0.683 bits per heavy atom. The fourth-order valence-electron chi connectivity index (χ4n) is 3.86. The molecule has 0 bridgehead atoms. The molecule has 0 unspecified atom stereocenters. The van der Waals surface area contributed by atoms with Crippen molar-refractivity contribution in [3.8, 4) is 23.2 Å². The Kier molecular flexibility index (Phi) is 36.8. The number of benzene rings is 4. The maximum absolute atomic E-state index is 10.7. The molecule has 4 rings (SSSR count). The molecule has 0 heterocycles. The molecule has 4 nitrogen and oxygen atoms in total. The molecule has 0 saturated heterocycles. The summed E-state index contributed by atoms with van der Waals surface area (Å²) in [5.41, 5.74) is 6.73. The summed E-state index contributed by atoms with van der Waals surface area (Å²) in [6.07, 6.45) is 2.11. The number of halogens is 10. The van der Waals surface area contributed by atoms with Crippen LogP contribution < -0.4 is 31.4 Å². The molecule has 0 aliphatic heterocycles. The van der Waals surface area contributed by atoms with Crippen molar-refractivity contribution < 1.29 is 64.5 Å². The van der Waals surface area contributed by atoms with Crippen molar-refractivity contribution in [3.05, 3.63) is 145 Å². The van der Waals surface area contributed by atoms with Gasteiger partial charge in [0.05, 0.1) is 22.0 Å². The van der Waals surface area contributed by atoms with Crippen molar-refractivity contribution >= 4 is 103 Å². The molecule has 60 heavy (non-hydrogen) atoms. The van der Waals surface area contributed by atoms with Crippen LogP contribution in [0.2, 0.25) is 0 Å². The van der Waals surface area contributed by atoms with E-state index in [1.165, 1.54) is 48.9 Å². The number of hydrogen-bond donors (Lipinski definition) is 0. The number of rotatable bonds is 6. The van der Waals surface area contributed by atoms with Crippen LogP contribution in [0, 0.1) is 23.2 Å². The molecule has 1 radical (unpaired) electrons. The van der Waals surface area contributed by atoms with E-state index in [1.54, 1.807) is 0 Å². The molecule has 0 saturated carbocycles. The van der Waals surface area contributed by atoms with Crippen LogP contribution in [0.4, 0.5) is 25.2 Å². The van der Waals surface area contributed by atoms with Crippen LogP contribution in [0.3, 0.4) is 0 Å². The third kappa shape index (κ3) is 46.1. The molecule has 329 valence electrons. The number of alkyl halides is 4. The van der Waals surface area contributed by atoms with Crippen LogP contribution >= 0.6 is 70.1 Å². The molecular weight excluding hydrogens is 1020 g/mol. The monoisotopic (exact) mass is 1060 g/mol. The molecule has 4 aromatic carbocycles. The van der Waals surface area contributed by atoms with Crippen molar-refractivity contribution in [2.45, 2.75) is 41.5 Å². The molecule has 0 aliphatic carbocycles. The first kappa shape index (κ1) is 63.7. The van der Waals surface area contributed by atoms with Crippen molar-refractivity contribution in [1.29, 1.82) is 0 Å². The van der Waals surface area contributed by atoms with Crippen LogP contribution in [0.1, 0.15) is 41.5 Å². The van der Waals surface area contributed by atoms with E-state index >= 15 is 0 Å². The average Bonchev–Trinajstić information content (AvgIpc) is 3.13. The molecule has 4 aromatic rings. The Bertz CT molecular complexity index is 1720. The van der Waals surface area contributed by atoms with E-state index < -0.39 is 23.7 Å². The van der Waals surface area contributed by atoms with Crippen molar-refractivity contribution in [1.82, 2.24) is 0 Å². The molecule has 0 amide bonds. The Balaban J connectivity index is -0.000000331. The minimum Gasteiger partial charge on any atom is 3.00 e. The van der Waals surface area contributed by atoms with E-state index in [0.717, 1.165) is 12.2 Å². The number of carbonyl (C=O) groups excluding carboxylic acids is 2. The van der Waals surface area contributed by atoms with Gasteiger partial charge in [-0.15, -0.1) is 57.9 Å². The molecule has 0 N–H and O–H groups in total. The zero-order valence-electron chi connectivity index (χ0n) is 33.3. The number of ketones is 2. The number of allylic oxidation sites excluding steroid dienone is 4. The Morgan fingerprint density at radius 1 is 0.517 bits per heavy atom. The fraction of sp³-hybridized carbons (Fsp3) is 0.190. The van der Waals surface area contributed by atoms with Gasteiger partial charge in [-0.3, -0.25) is 9.59 Å². The van der Waals surface area contributed by atoms with E-state index in [0.29, 0.717) is 0 Å². The SMILES string of the molecule is CC#C[PH+](c1ccccc1)c1ccccc1.CC#C[PH+](c1ccccc1)c1ccccc1.CC(=O)/C=C(/C)[O-].CC(=O)/C=C(/C)[O-].ClCCl.ClCCl.F[P-](F)(F)(F)(F)F.[Ru+3]. The van der Waals surface area contributed by atoms with Crippen LogP contribution in [0.5, 0.6) is 0 Å².